The predicted molar refractivity (Wildman–Crippen MR) is 89.4 cm³/mol. The largest absolute Gasteiger partial charge is 0.380 e. The van der Waals surface area contributed by atoms with Crippen molar-refractivity contribution in [1.82, 2.24) is 15.5 Å². The molecule has 1 fully saturated rings. The third-order valence-electron chi connectivity index (χ3n) is 3.16. The molecule has 0 amide bonds. The molecule has 0 atom stereocenters. The number of nitrogens with one attached hydrogen (secondary N) is 1. The van der Waals surface area contributed by atoms with Crippen LogP contribution in [0, 0.1) is 0 Å². The smallest absolute Gasteiger partial charge is 0.170 e. The molecule has 2 aromatic rings. The molecule has 0 spiro atoms. The lowest BCUT2D eigenvalue weighted by Gasteiger charge is -2.07. The van der Waals surface area contributed by atoms with Crippen molar-refractivity contribution in [3.8, 4) is 11.3 Å². The molecular formula is C14H15ClN6S. The summed E-state index contributed by atoms with van der Waals surface area (Å²) < 4.78 is 0. The summed E-state index contributed by atoms with van der Waals surface area (Å²) in [5, 5.41) is 5.16. The molecule has 6 nitrogen and oxygen atoms in total. The normalized spacial score (nSPS) is 14.9. The van der Waals surface area contributed by atoms with Gasteiger partial charge >= 0.3 is 0 Å². The van der Waals surface area contributed by atoms with Gasteiger partial charge in [-0.05, 0) is 31.0 Å². The van der Waals surface area contributed by atoms with Crippen LogP contribution in [-0.4, -0.2) is 21.1 Å². The number of nitrogens with two attached hydrogens (primary N) is 2. The van der Waals surface area contributed by atoms with Gasteiger partial charge in [0.1, 0.15) is 12.0 Å². The Hall–Kier alpha value is -1.83. The van der Waals surface area contributed by atoms with Crippen LogP contribution in [0.25, 0.3) is 11.3 Å². The lowest BCUT2D eigenvalue weighted by Crippen LogP contribution is -2.23. The van der Waals surface area contributed by atoms with E-state index in [4.69, 9.17) is 23.2 Å². The molecule has 5 N–H and O–H groups in total. The second kappa shape index (κ2) is 6.51. The molecule has 1 aromatic carbocycles. The highest BCUT2D eigenvalue weighted by Gasteiger charge is 2.23. The second-order valence-corrected chi connectivity index (χ2v) is 6.63. The first kappa shape index (κ1) is 15.1. The number of halogens is 1. The van der Waals surface area contributed by atoms with Crippen molar-refractivity contribution in [3.05, 3.63) is 41.3 Å². The summed E-state index contributed by atoms with van der Waals surface area (Å²) in [6.45, 7) is 0. The van der Waals surface area contributed by atoms with Crippen molar-refractivity contribution in [3.63, 3.8) is 0 Å². The summed E-state index contributed by atoms with van der Waals surface area (Å²) >= 11 is 8.19. The van der Waals surface area contributed by atoms with Crippen molar-refractivity contribution in [2.45, 2.75) is 23.0 Å². The van der Waals surface area contributed by atoms with Gasteiger partial charge < -0.3 is 5.73 Å². The highest BCUT2D eigenvalue weighted by molar-refractivity contribution is 8.00. The third-order valence-corrected chi connectivity index (χ3v) is 5.00. The number of hydrogen-bond donors (Lipinski definition) is 3. The minimum atomic E-state index is 0.193. The van der Waals surface area contributed by atoms with E-state index in [-0.39, 0.29) is 5.84 Å². The summed E-state index contributed by atoms with van der Waals surface area (Å²) in [6, 6.07) is 7.68. The van der Waals surface area contributed by atoms with Gasteiger partial charge in [-0.3, -0.25) is 0 Å². The average Bonchev–Trinajstić information content (AvgIpc) is 3.34. The van der Waals surface area contributed by atoms with E-state index in [1.807, 2.05) is 30.0 Å². The van der Waals surface area contributed by atoms with Crippen LogP contribution in [-0.2, 0) is 0 Å². The predicted octanol–water partition coefficient (Wildman–Crippen LogP) is 2.14. The molecule has 0 bridgehead atoms. The fraction of sp³-hybridized carbons (Fsp3) is 0.214. The summed E-state index contributed by atoms with van der Waals surface area (Å²) in [6.07, 6.45) is 3.97. The fourth-order valence-corrected chi connectivity index (χ4v) is 3.27. The molecule has 22 heavy (non-hydrogen) atoms. The number of amidine groups is 1. The zero-order chi connectivity index (χ0) is 15.5. The lowest BCUT2D eigenvalue weighted by atomic mass is 10.1. The zero-order valence-corrected chi connectivity index (χ0v) is 13.2. The van der Waals surface area contributed by atoms with Gasteiger partial charge in [0.15, 0.2) is 5.84 Å². The quantitative estimate of drug-likeness (QED) is 0.335. The molecule has 114 valence electrons. The molecule has 0 aliphatic heterocycles. The number of hydrogen-bond acceptors (Lipinski definition) is 6. The topological polar surface area (TPSA) is 102 Å². The lowest BCUT2D eigenvalue weighted by molar-refractivity contribution is 0.802. The van der Waals surface area contributed by atoms with Gasteiger partial charge in [0.25, 0.3) is 0 Å². The first-order chi connectivity index (χ1) is 10.7. The summed E-state index contributed by atoms with van der Waals surface area (Å²) in [4.78, 5) is 9.44. The van der Waals surface area contributed by atoms with Crippen LogP contribution in [0.1, 0.15) is 18.5 Å². The number of aromatic nitrogens is 2. The van der Waals surface area contributed by atoms with Crippen LogP contribution in [0.2, 0.25) is 5.02 Å². The molecule has 0 radical (unpaired) electrons. The van der Waals surface area contributed by atoms with E-state index in [0.29, 0.717) is 10.9 Å². The number of rotatable bonds is 5. The van der Waals surface area contributed by atoms with E-state index in [1.165, 1.54) is 19.2 Å². The van der Waals surface area contributed by atoms with E-state index < -0.39 is 0 Å². The third kappa shape index (κ3) is 3.49. The average molecular weight is 335 g/mol. The van der Waals surface area contributed by atoms with Gasteiger partial charge in [-0.15, -0.1) is 16.9 Å². The van der Waals surface area contributed by atoms with Crippen LogP contribution < -0.4 is 17.1 Å². The minimum absolute atomic E-state index is 0.193. The molecule has 0 saturated heterocycles. The van der Waals surface area contributed by atoms with E-state index in [1.54, 1.807) is 6.07 Å². The Morgan fingerprint density at radius 3 is 2.82 bits per heavy atom. The van der Waals surface area contributed by atoms with Crippen LogP contribution in [0.3, 0.4) is 0 Å². The second-order valence-electron chi connectivity index (χ2n) is 4.88. The molecule has 8 heteroatoms. The molecular weight excluding hydrogens is 320 g/mol. The van der Waals surface area contributed by atoms with Gasteiger partial charge in [0, 0.05) is 15.7 Å². The first-order valence-electron chi connectivity index (χ1n) is 6.75. The Balaban J connectivity index is 1.88. The van der Waals surface area contributed by atoms with Crippen molar-refractivity contribution in [2.24, 2.45) is 16.7 Å². The van der Waals surface area contributed by atoms with Gasteiger partial charge in [0.2, 0.25) is 0 Å². The molecule has 3 rings (SSSR count). The first-order valence-corrected chi connectivity index (χ1v) is 8.01. The molecule has 1 aromatic heterocycles. The monoisotopic (exact) mass is 334 g/mol. The summed E-state index contributed by atoms with van der Waals surface area (Å²) in [7, 11) is 0. The van der Waals surface area contributed by atoms with Crippen LogP contribution in [0.5, 0.6) is 0 Å². The Morgan fingerprint density at radius 2 is 2.14 bits per heavy atom. The van der Waals surface area contributed by atoms with E-state index in [0.717, 1.165) is 21.2 Å². The maximum Gasteiger partial charge on any atom is 0.170 e. The van der Waals surface area contributed by atoms with Crippen molar-refractivity contribution >= 4 is 29.2 Å². The number of nitrogens with zero attached hydrogens (tertiary/aromatic N) is 3. The Labute approximate surface area is 137 Å². The van der Waals surface area contributed by atoms with Crippen LogP contribution in [0.4, 0.5) is 0 Å². The number of hydrazine groups is 1. The van der Waals surface area contributed by atoms with Crippen molar-refractivity contribution < 1.29 is 0 Å². The van der Waals surface area contributed by atoms with Gasteiger partial charge in [-0.1, -0.05) is 17.7 Å². The zero-order valence-electron chi connectivity index (χ0n) is 11.7. The van der Waals surface area contributed by atoms with Gasteiger partial charge in [-0.2, -0.15) is 0 Å². The van der Waals surface area contributed by atoms with Gasteiger partial charge in [-0.25, -0.2) is 21.3 Å². The number of benzene rings is 1. The highest BCUT2D eigenvalue weighted by atomic mass is 35.5. The molecule has 1 aliphatic carbocycles. The van der Waals surface area contributed by atoms with Crippen LogP contribution in [0.15, 0.2) is 40.6 Å². The number of hydrazone groups is 1. The molecule has 1 aliphatic rings. The Bertz CT molecular complexity index is 716. The summed E-state index contributed by atoms with van der Waals surface area (Å²) in [5.74, 6) is 5.31. The molecule has 1 heterocycles. The maximum atomic E-state index is 6.36. The Morgan fingerprint density at radius 1 is 1.32 bits per heavy atom. The minimum Gasteiger partial charge on any atom is -0.380 e. The van der Waals surface area contributed by atoms with E-state index in [2.05, 4.69) is 20.6 Å². The standard InChI is InChI=1S/C14H15ClN6S/c15-10-5-8(1-4-13(10)22-9-2-3-9)11-6-12(19-7-18-11)14(16)20-21-17/h1,4-7,9,21H,2-3,17H2,(H2,16,20). The van der Waals surface area contributed by atoms with Crippen LogP contribution >= 0.6 is 23.4 Å². The SMILES string of the molecule is NNN=C(N)c1cc(-c2ccc(SC3CC3)c(Cl)c2)ncn1. The maximum absolute atomic E-state index is 6.36. The highest BCUT2D eigenvalue weighted by Crippen LogP contribution is 2.42. The fourth-order valence-electron chi connectivity index (χ4n) is 1.90. The molecule has 0 unspecified atom stereocenters. The Kier molecular flexibility index (Phi) is 4.47. The van der Waals surface area contributed by atoms with Crippen molar-refractivity contribution in [1.29, 1.82) is 0 Å². The number of thioether (sulfide) groups is 1. The van der Waals surface area contributed by atoms with Gasteiger partial charge in [0.05, 0.1) is 10.7 Å². The summed E-state index contributed by atoms with van der Waals surface area (Å²) in [5.41, 5.74) is 10.0. The molecule has 1 saturated carbocycles. The van der Waals surface area contributed by atoms with E-state index >= 15 is 0 Å². The van der Waals surface area contributed by atoms with E-state index in [9.17, 15) is 0 Å². The van der Waals surface area contributed by atoms with Crippen molar-refractivity contribution in [2.75, 3.05) is 0 Å².